The van der Waals surface area contributed by atoms with E-state index in [0.717, 1.165) is 41.6 Å². The predicted molar refractivity (Wildman–Crippen MR) is 276 cm³/mol. The zero-order chi connectivity index (χ0) is 66.6. The number of aryl methyl sites for hydroxylation is 2. The van der Waals surface area contributed by atoms with Gasteiger partial charge < -0.3 is 113 Å². The number of nitrogens with zero attached hydrogens (tertiary/aromatic N) is 5. The third-order valence-electron chi connectivity index (χ3n) is 12.8. The van der Waals surface area contributed by atoms with E-state index in [-0.39, 0.29) is 16.7 Å². The topological polar surface area (TPSA) is 689 Å². The third-order valence-corrected chi connectivity index (χ3v) is 14.8. The lowest BCUT2D eigenvalue weighted by Crippen LogP contribution is -2.62. The first kappa shape index (κ1) is 73.3. The summed E-state index contributed by atoms with van der Waals surface area (Å²) in [6, 6.07) is 0. The maximum Gasteiger partial charge on any atom is 0.469 e. The Bertz CT molecular complexity index is 3750. The lowest BCUT2D eigenvalue weighted by molar-refractivity contribution is -0.783. The number of aliphatic hydroxyl groups is 8. The smallest absolute Gasteiger partial charge is 0.387 e. The molecule has 0 amide bonds. The number of hydrogen-bond donors (Lipinski definition) is 20. The van der Waals surface area contributed by atoms with E-state index in [4.69, 9.17) is 58.1 Å². The average Bonchev–Trinajstić information content (AvgIpc) is 1.88. The van der Waals surface area contributed by atoms with E-state index in [2.05, 4.69) is 28.1 Å². The summed E-state index contributed by atoms with van der Waals surface area (Å²) in [5, 5.41) is 78.9. The zero-order valence-corrected chi connectivity index (χ0v) is 48.8. The van der Waals surface area contributed by atoms with Crippen molar-refractivity contribution in [2.45, 2.75) is 97.8 Å². The first-order valence-corrected chi connectivity index (χ1v) is 30.5. The summed E-state index contributed by atoms with van der Waals surface area (Å²) in [5.41, 5.74) is -6.11. The minimum atomic E-state index is -4.77. The molecule has 0 aliphatic carbocycles. The van der Waals surface area contributed by atoms with Crippen LogP contribution in [0.4, 0.5) is 0 Å². The van der Waals surface area contributed by atoms with Gasteiger partial charge in [-0.2, -0.15) is 9.13 Å². The first-order valence-electron chi connectivity index (χ1n) is 24.4. The molecule has 8 rings (SSSR count). The summed E-state index contributed by atoms with van der Waals surface area (Å²) in [5.74, 6) is 0. The molecule has 4 aliphatic heterocycles. The maximum atomic E-state index is 12.1. The van der Waals surface area contributed by atoms with Gasteiger partial charge in [-0.1, -0.05) is 0 Å². The van der Waals surface area contributed by atoms with Crippen LogP contribution in [0.3, 0.4) is 0 Å². The fourth-order valence-corrected chi connectivity index (χ4v) is 9.74. The van der Waals surface area contributed by atoms with Gasteiger partial charge in [0, 0.05) is 39.7 Å². The second-order valence-electron chi connectivity index (χ2n) is 19.1. The van der Waals surface area contributed by atoms with Gasteiger partial charge in [-0.25, -0.2) is 47.2 Å². The van der Waals surface area contributed by atoms with E-state index in [1.807, 2.05) is 9.97 Å². The molecular formula is C39H60N9O36P4+. The molecule has 4 aromatic rings. The summed E-state index contributed by atoms with van der Waals surface area (Å²) in [6.45, 7) is -2.72. The molecule has 8 heterocycles. The number of phosphoric acid groups is 4. The van der Waals surface area contributed by atoms with Crippen molar-refractivity contribution >= 4 is 31.3 Å². The summed E-state index contributed by atoms with van der Waals surface area (Å²) in [7, 11) is -13.9. The van der Waals surface area contributed by atoms with Crippen LogP contribution in [0.15, 0.2) is 63.3 Å². The summed E-state index contributed by atoms with van der Waals surface area (Å²) >= 11 is 0. The summed E-state index contributed by atoms with van der Waals surface area (Å²) in [4.78, 5) is 170. The number of nitrogens with one attached hydrogen (secondary N) is 4. The molecule has 496 valence electrons. The van der Waals surface area contributed by atoms with Crippen molar-refractivity contribution in [2.24, 2.45) is 28.2 Å². The highest BCUT2D eigenvalue weighted by atomic mass is 31.2. The molecular weight excluding hydrogens is 1290 g/mol. The van der Waals surface area contributed by atoms with Crippen molar-refractivity contribution in [3.05, 3.63) is 125 Å². The Balaban J connectivity index is 0.000000214. The highest BCUT2D eigenvalue weighted by Crippen LogP contribution is 2.42. The van der Waals surface area contributed by atoms with Crippen LogP contribution < -0.4 is 49.7 Å². The second kappa shape index (κ2) is 29.3. The number of rotatable bonds is 16. The molecule has 45 nitrogen and oxygen atoms in total. The number of aromatic amines is 4. The van der Waals surface area contributed by atoms with Crippen molar-refractivity contribution < 1.29 is 140 Å². The van der Waals surface area contributed by atoms with E-state index in [1.165, 1.54) is 34.4 Å². The normalized spacial score (nSPS) is 29.0. The molecule has 4 saturated heterocycles. The van der Waals surface area contributed by atoms with Gasteiger partial charge in [-0.3, -0.25) is 47.0 Å². The highest BCUT2D eigenvalue weighted by molar-refractivity contribution is 7.47. The number of H-pyrrole nitrogens is 4. The first-order chi connectivity index (χ1) is 40.4. The zero-order valence-electron chi connectivity index (χ0n) is 45.2. The molecule has 0 unspecified atom stereocenters. The van der Waals surface area contributed by atoms with E-state index in [9.17, 15) is 97.5 Å². The van der Waals surface area contributed by atoms with Crippen LogP contribution in [0.1, 0.15) is 41.2 Å². The van der Waals surface area contributed by atoms with Crippen LogP contribution in [0.5, 0.6) is 0 Å². The van der Waals surface area contributed by atoms with E-state index >= 15 is 0 Å². The van der Waals surface area contributed by atoms with Crippen molar-refractivity contribution in [1.29, 1.82) is 0 Å². The maximum absolute atomic E-state index is 12.1. The van der Waals surface area contributed by atoms with Gasteiger partial charge in [0.2, 0.25) is 6.23 Å². The number of phosphoric ester groups is 4. The molecule has 0 radical (unpaired) electrons. The highest BCUT2D eigenvalue weighted by Gasteiger charge is 2.49. The molecule has 49 heteroatoms. The molecule has 0 aromatic carbocycles. The van der Waals surface area contributed by atoms with E-state index in [0.29, 0.717) is 0 Å². The Morgan fingerprint density at radius 1 is 0.466 bits per heavy atom. The Morgan fingerprint density at radius 3 is 1.26 bits per heavy atom. The number of hydrogen-bond acceptors (Lipinski definition) is 28. The minimum Gasteiger partial charge on any atom is -0.387 e. The molecule has 0 bridgehead atoms. The van der Waals surface area contributed by atoms with Crippen molar-refractivity contribution in [2.75, 3.05) is 26.4 Å². The molecule has 4 aromatic heterocycles. The van der Waals surface area contributed by atoms with Crippen LogP contribution in [0.2, 0.25) is 0 Å². The molecule has 20 N–H and O–H groups in total. The van der Waals surface area contributed by atoms with E-state index in [1.54, 1.807) is 0 Å². The second-order valence-corrected chi connectivity index (χ2v) is 24.0. The lowest BCUT2D eigenvalue weighted by atomic mass is 10.0. The number of ether oxygens (including phenoxy) is 4. The lowest BCUT2D eigenvalue weighted by Gasteiger charge is -2.16. The van der Waals surface area contributed by atoms with Gasteiger partial charge in [0.15, 0.2) is 6.33 Å². The van der Waals surface area contributed by atoms with Gasteiger partial charge in [-0.05, 0) is 0 Å². The monoisotopic (exact) mass is 1350 g/mol. The van der Waals surface area contributed by atoms with Gasteiger partial charge in [0.1, 0.15) is 91.6 Å². The summed E-state index contributed by atoms with van der Waals surface area (Å²) < 4.78 is 84.9. The van der Waals surface area contributed by atoms with Crippen LogP contribution in [0.25, 0.3) is 0 Å². The van der Waals surface area contributed by atoms with Gasteiger partial charge in [-0.15, -0.1) is 0 Å². The Morgan fingerprint density at radius 2 is 0.841 bits per heavy atom. The van der Waals surface area contributed by atoms with Crippen LogP contribution in [-0.2, 0) is 83.5 Å². The molecule has 4 fully saturated rings. The van der Waals surface area contributed by atoms with Gasteiger partial charge in [0.25, 0.3) is 16.7 Å². The van der Waals surface area contributed by atoms with Gasteiger partial charge >= 0.3 is 59.7 Å². The van der Waals surface area contributed by atoms with Crippen LogP contribution in [0, 0.1) is 0 Å². The average molecular weight is 1350 g/mol. The minimum absolute atomic E-state index is 0.0696. The summed E-state index contributed by atoms with van der Waals surface area (Å²) in [6.07, 6.45) is -18.1. The fraction of sp³-hybridized carbons (Fsp3) is 0.615. The Kier molecular flexibility index (Phi) is 24.4. The predicted octanol–water partition coefficient (Wildman–Crippen LogP) is -11.9. The van der Waals surface area contributed by atoms with Crippen LogP contribution in [-0.4, -0.2) is 218 Å². The number of aliphatic hydroxyl groups excluding tert-OH is 8. The molecule has 0 spiro atoms. The Labute approximate surface area is 485 Å². The van der Waals surface area contributed by atoms with Crippen molar-refractivity contribution in [1.82, 2.24) is 38.2 Å². The van der Waals surface area contributed by atoms with Crippen molar-refractivity contribution in [3.8, 4) is 0 Å². The van der Waals surface area contributed by atoms with Gasteiger partial charge in [0.05, 0.1) is 50.2 Å². The van der Waals surface area contributed by atoms with Crippen LogP contribution >= 0.6 is 31.3 Å². The molecule has 16 atom stereocenters. The fourth-order valence-electron chi connectivity index (χ4n) is 8.38. The largest absolute Gasteiger partial charge is 0.469 e. The number of aromatic nitrogens is 9. The molecule has 0 saturated carbocycles. The van der Waals surface area contributed by atoms with E-state index < -0.39 is 201 Å². The van der Waals surface area contributed by atoms with Crippen molar-refractivity contribution in [3.63, 3.8) is 0 Å². The molecule has 4 aliphatic rings. The SMILES string of the molecule is Cn1c(=O)[nH]c[n+]([C@@H]2O[C@H](COP(=O)(O)O)[C@@H](O)[C@H]2O)c1=O.Cn1cc([C@@H]2O[C@H](COP(=O)(O)O)[C@@H](O)[C@H]2O)c(=O)[nH]c1=O.Cn1cc([C@@H]2O[C@H](COP(=O)(O)O)[C@@H](O)[C@H]2O)c(=O)n(C)c1=O.O=c1[nH]cc([C@@H]2O[C@H](COP(=O)(O)O)[C@@H](O)[C@H]2O)c(=O)[nH]1. The Hall–Kier alpha value is -5.39. The molecule has 88 heavy (non-hydrogen) atoms. The third kappa shape index (κ3) is 18.9. The quantitative estimate of drug-likeness (QED) is 0.0366. The standard InChI is InChI=1S/C11H17N2O9P.C10H15N2O9P.C9H14N3O9P.C9H13N2O9P/c1-12-3-5(10(16)13(2)11(12)17)9-8(15)7(14)6(22-9)4-21-23(18,19)20;1-12-2-4(9(15)11-10(12)16)8-7(14)6(13)5(21-8)3-20-22(17,18)19;1-11-8(15)10-3-12(9(11)16)7-6(14)5(13)4(21-7)2-20-22(17,18)19;12-5-4(2-19-21(16,17)18)20-7(6(5)13)3-1-10-9(15)11-8(3)14/h3,6-9,14-15H,4H2,1-2H3,(H2,18,19,20);2,5-8,13-14H,3H2,1H3,(H,11,15,16)(H2,17,18,19);3-7,13-14H,2H2,1H3,(H2,17,18,19);1,4-7,12-13H,2H2,(H2,16,17,18)(H2,10,11,14,15)/p+1/t6-,7-,8-,9+;5-,6-,7-,8+;4-,5-,6-,7-;4-,5-,6-,7+/m1111/s1.